The van der Waals surface area contributed by atoms with Crippen LogP contribution in [0.1, 0.15) is 165 Å². The highest BCUT2D eigenvalue weighted by molar-refractivity contribution is 5.73. The van der Waals surface area contributed by atoms with Gasteiger partial charge in [0, 0.05) is 24.7 Å². The summed E-state index contributed by atoms with van der Waals surface area (Å²) in [7, 11) is 1.41. The molecule has 14 unspecified atom stereocenters. The molecule has 0 spiro atoms. The lowest BCUT2D eigenvalue weighted by Gasteiger charge is -2.48. The summed E-state index contributed by atoms with van der Waals surface area (Å²) in [6.07, 6.45) is -73.1. The molecule has 0 aromatic rings. The van der Waals surface area contributed by atoms with Crippen molar-refractivity contribution in [2.45, 2.75) is 285 Å². The van der Waals surface area contributed by atoms with Gasteiger partial charge in [0.2, 0.25) is 0 Å². The fourth-order valence-electron chi connectivity index (χ4n) is 11.7. The van der Waals surface area contributed by atoms with Gasteiger partial charge in [-0.1, -0.05) is 68.2 Å². The molecule has 0 aromatic heterocycles. The van der Waals surface area contributed by atoms with Gasteiger partial charge in [0.15, 0.2) is 6.10 Å². The van der Waals surface area contributed by atoms with Crippen LogP contribution in [0.25, 0.3) is 0 Å². The highest BCUT2D eigenvalue weighted by Gasteiger charge is 2.81. The number of hydrogen-bond acceptors (Lipinski definition) is 14. The van der Waals surface area contributed by atoms with Crippen LogP contribution in [0.2, 0.25) is 0 Å². The van der Waals surface area contributed by atoms with Crippen molar-refractivity contribution in [2.24, 2.45) is 59.2 Å². The van der Waals surface area contributed by atoms with Crippen molar-refractivity contribution in [1.29, 1.82) is 0 Å². The van der Waals surface area contributed by atoms with Crippen molar-refractivity contribution in [3.8, 4) is 0 Å². The molecule has 0 aliphatic heterocycles. The molecule has 14 atom stereocenters. The zero-order chi connectivity index (χ0) is 86.9. The molecule has 0 saturated heterocycles. The topological polar surface area (TPSA) is 216 Å². The number of methoxy groups -OCH3 is 1. The molecule has 5 N–H and O–H groups in total. The van der Waals surface area contributed by atoms with Gasteiger partial charge < -0.3 is 44.5 Å². The molecule has 14 nitrogen and oxygen atoms in total. The highest BCUT2D eigenvalue weighted by Crippen LogP contribution is 2.60. The van der Waals surface area contributed by atoms with E-state index in [-0.39, 0.29) is 49.4 Å². The van der Waals surface area contributed by atoms with Gasteiger partial charge in [-0.25, -0.2) is 8.78 Å². The molecular formula is C61H82F34O14. The minimum atomic E-state index is -6.74. The van der Waals surface area contributed by atoms with Crippen LogP contribution in [-0.2, 0) is 42.9 Å². The predicted molar refractivity (Wildman–Crippen MR) is 303 cm³/mol. The normalized spacial score (nSPS) is 24.3. The van der Waals surface area contributed by atoms with Crippen LogP contribution in [0.4, 0.5) is 149 Å². The molecule has 0 radical (unpaired) electrons. The maximum absolute atomic E-state index is 14.1. The minimum absolute atomic E-state index is 0.0164. The van der Waals surface area contributed by atoms with Gasteiger partial charge in [-0.3, -0.25) is 23.9 Å². The second-order valence-electron chi connectivity index (χ2n) is 26.9. The molecule has 109 heavy (non-hydrogen) atoms. The number of halogens is 34. The maximum atomic E-state index is 14.1. The molecule has 4 aliphatic rings. The van der Waals surface area contributed by atoms with Gasteiger partial charge in [0.05, 0.1) is 30.8 Å². The van der Waals surface area contributed by atoms with Crippen molar-refractivity contribution in [3.63, 3.8) is 0 Å². The third-order valence-electron chi connectivity index (χ3n) is 19.4. The number of alkyl halides is 34. The van der Waals surface area contributed by atoms with E-state index in [9.17, 15) is 189 Å². The van der Waals surface area contributed by atoms with Crippen molar-refractivity contribution in [1.82, 2.24) is 0 Å². The molecule has 4 saturated carbocycles. The van der Waals surface area contributed by atoms with Gasteiger partial charge >= 0.3 is 103 Å². The fourth-order valence-corrected chi connectivity index (χ4v) is 11.7. The largest absolute Gasteiger partial charge is 0.469 e. The van der Waals surface area contributed by atoms with Gasteiger partial charge in [-0.05, 0) is 108 Å². The monoisotopic (exact) mass is 1680 g/mol. The van der Waals surface area contributed by atoms with Gasteiger partial charge in [0.1, 0.15) is 18.9 Å². The number of fused-ring (bicyclic) bond motifs is 2. The first-order valence-corrected chi connectivity index (χ1v) is 32.7. The van der Waals surface area contributed by atoms with Crippen LogP contribution < -0.4 is 0 Å². The molecule has 48 heteroatoms. The molecule has 0 heterocycles. The second-order valence-corrected chi connectivity index (χ2v) is 26.9. The third kappa shape index (κ3) is 24.2. The number of ether oxygens (including phenoxy) is 5. The summed E-state index contributed by atoms with van der Waals surface area (Å²) in [6, 6.07) is 0. The van der Waals surface area contributed by atoms with E-state index in [2.05, 4.69) is 18.9 Å². The third-order valence-corrected chi connectivity index (χ3v) is 19.4. The van der Waals surface area contributed by atoms with Crippen LogP contribution in [0, 0.1) is 59.2 Å². The molecule has 648 valence electrons. The first kappa shape index (κ1) is 104. The summed E-state index contributed by atoms with van der Waals surface area (Å²) in [5.74, 6) is -33.9. The van der Waals surface area contributed by atoms with E-state index in [1.165, 1.54) is 34.8 Å². The Bertz CT molecular complexity index is 2740. The molecule has 4 aliphatic carbocycles. The Labute approximate surface area is 598 Å². The summed E-state index contributed by atoms with van der Waals surface area (Å²) in [5.41, 5.74) is -20.9. The fraction of sp³-hybridized carbons (Fsp3) is 0.934. The van der Waals surface area contributed by atoms with E-state index in [1.54, 1.807) is 6.92 Å². The van der Waals surface area contributed by atoms with Gasteiger partial charge in [-0.15, -0.1) is 0 Å². The summed E-state index contributed by atoms with van der Waals surface area (Å²) in [5, 5.41) is 47.0. The average molecular weight is 1690 g/mol. The molecule has 0 amide bonds. The van der Waals surface area contributed by atoms with E-state index in [4.69, 9.17) is 9.84 Å². The first-order chi connectivity index (χ1) is 48.3. The molecule has 4 fully saturated rings. The Balaban J connectivity index is 0.00000140. The van der Waals surface area contributed by atoms with Crippen LogP contribution in [0.5, 0.6) is 0 Å². The number of esters is 4. The predicted octanol–water partition coefficient (Wildman–Crippen LogP) is 18.0. The van der Waals surface area contributed by atoms with E-state index < -0.39 is 225 Å². The van der Waals surface area contributed by atoms with E-state index in [1.807, 2.05) is 13.8 Å². The Hall–Kier alpha value is -4.74. The van der Waals surface area contributed by atoms with Crippen molar-refractivity contribution >= 4 is 23.9 Å². The van der Waals surface area contributed by atoms with Crippen molar-refractivity contribution < 1.29 is 218 Å². The highest BCUT2D eigenvalue weighted by atomic mass is 19.5. The van der Waals surface area contributed by atoms with Gasteiger partial charge in [-0.2, -0.15) is 140 Å². The Morgan fingerprint density at radius 1 is 0.413 bits per heavy atom. The van der Waals surface area contributed by atoms with Crippen LogP contribution >= 0.6 is 0 Å². The quantitative estimate of drug-likeness (QED) is 0.0313. The zero-order valence-corrected chi connectivity index (χ0v) is 58.8. The summed E-state index contributed by atoms with van der Waals surface area (Å²) in [4.78, 5) is 45.6. The number of rotatable bonds is 21. The van der Waals surface area contributed by atoms with Crippen LogP contribution in [-0.4, -0.2) is 183 Å². The summed E-state index contributed by atoms with van der Waals surface area (Å²) >= 11 is 0. The Kier molecular flexibility index (Phi) is 35.6. The van der Waals surface area contributed by atoms with E-state index in [0.29, 0.717) is 32.1 Å². The van der Waals surface area contributed by atoms with E-state index in [0.717, 1.165) is 19.8 Å². The minimum Gasteiger partial charge on any atom is -0.469 e. The standard InChI is InChI=1S/C17H20F12O4.C14H20F6O3.C13H16F10O4.C11H14F6O.C6H12O2/c1-3-7(2)11(30)33-10-5-8(12(31,14(18,19)20)15(21,22)23)4-9(6-10)13(32,16(24,25)26)17(27,28)29;1-3-8(2)11(21)23-10-7-5-4-6-9(10)12(22,13(15,16)17)14(18,19)20;1-4-6(2)8(24)26-7(5-14)10(16,17)11(25,13(21,22)23)27-9(3,15)12(18,19)20;12-10(13,14)9(18,11(15,16)17)5-8-4-6-1-2-7(8)3-6;1-4-5(2)6(7)8-3/h7-10,31-32H,3-6H2,1-2H3;8-10,22H,3-7H2,1-2H3;6-7,25H,4-5H2,1-3H3;6-8,18H,1-5H2;5H,4H2,1-3H3. The number of hydrogen-bond donors (Lipinski definition) is 5. The van der Waals surface area contributed by atoms with Crippen molar-refractivity contribution in [2.75, 3.05) is 13.8 Å². The lowest BCUT2D eigenvalue weighted by molar-refractivity contribution is -0.496. The second kappa shape index (κ2) is 37.2. The molecular weight excluding hydrogens is 1600 g/mol. The lowest BCUT2D eigenvalue weighted by atomic mass is 9.65. The molecule has 4 rings (SSSR count). The number of carbonyl (C=O) groups excluding carboxylic acids is 4. The van der Waals surface area contributed by atoms with Crippen LogP contribution in [0.15, 0.2) is 0 Å². The Morgan fingerprint density at radius 3 is 1.06 bits per heavy atom. The number of aliphatic hydroxyl groups is 5. The average Bonchev–Trinajstić information content (AvgIpc) is 1.35. The zero-order valence-electron chi connectivity index (χ0n) is 58.8. The summed E-state index contributed by atoms with van der Waals surface area (Å²) < 4.78 is 463. The molecule has 0 aromatic carbocycles. The first-order valence-electron chi connectivity index (χ1n) is 32.7. The smallest absolute Gasteiger partial charge is 0.449 e. The lowest BCUT2D eigenvalue weighted by Crippen LogP contribution is -2.69. The Morgan fingerprint density at radius 2 is 0.771 bits per heavy atom. The van der Waals surface area contributed by atoms with Crippen LogP contribution in [0.3, 0.4) is 0 Å². The maximum Gasteiger partial charge on any atom is 0.449 e. The number of carbonyl (C=O) groups is 4. The SMILES string of the molecule is CCC(C)C(=O)OC.CCC(C)C(=O)OC(CF)C(F)(F)C(O)(OC(C)(F)C(F)(F)F)C(F)(F)F.CCC(C)C(=O)OC1CC(C(O)(C(F)(F)F)C(F)(F)F)CC(C(O)(C(F)(F)F)C(F)(F)F)C1.CCC(C)C(=O)OC1CCCCC1C(O)(C(F)(F)F)C(F)(F)F.OC(CC1CC2CCC1C2)(C(F)(F)F)C(F)(F)F. The van der Waals surface area contributed by atoms with Crippen molar-refractivity contribution in [3.05, 3.63) is 0 Å². The summed E-state index contributed by atoms with van der Waals surface area (Å²) in [6.45, 7) is 8.66. The van der Waals surface area contributed by atoms with Gasteiger partial charge in [0.25, 0.3) is 22.4 Å². The molecule has 2 bridgehead atoms. The van der Waals surface area contributed by atoms with E-state index >= 15 is 0 Å².